The highest BCUT2D eigenvalue weighted by atomic mass is 127. The number of piperazine rings is 1. The zero-order chi connectivity index (χ0) is 21.3. The molecule has 1 amide bonds. The van der Waals surface area contributed by atoms with Crippen molar-refractivity contribution < 1.29 is 9.53 Å². The van der Waals surface area contributed by atoms with Crippen LogP contribution in [-0.4, -0.2) is 92.1 Å². The number of hydrogen-bond donors (Lipinski definition) is 1. The molecule has 1 atom stereocenters. The van der Waals surface area contributed by atoms with Crippen LogP contribution in [0.1, 0.15) is 32.3 Å². The van der Waals surface area contributed by atoms with Crippen LogP contribution in [-0.2, 0) is 11.2 Å². The Morgan fingerprint density at radius 1 is 1.13 bits per heavy atom. The van der Waals surface area contributed by atoms with Crippen molar-refractivity contribution in [2.45, 2.75) is 39.2 Å². The molecule has 2 aliphatic heterocycles. The van der Waals surface area contributed by atoms with Gasteiger partial charge in [0.15, 0.2) is 5.96 Å². The van der Waals surface area contributed by atoms with Crippen molar-refractivity contribution in [3.63, 3.8) is 0 Å². The smallest absolute Gasteiger partial charge is 0.239 e. The predicted octanol–water partition coefficient (Wildman–Crippen LogP) is 2.45. The summed E-state index contributed by atoms with van der Waals surface area (Å²) < 4.78 is 5.31. The maximum absolute atomic E-state index is 12.7. The van der Waals surface area contributed by atoms with Crippen LogP contribution in [0, 0.1) is 0 Å². The minimum atomic E-state index is -0.0298. The lowest BCUT2D eigenvalue weighted by Gasteiger charge is -2.39. The molecule has 2 fully saturated rings. The van der Waals surface area contributed by atoms with Crippen LogP contribution in [0.5, 0.6) is 5.75 Å². The number of halogens is 1. The van der Waals surface area contributed by atoms with E-state index in [1.807, 2.05) is 17.0 Å². The molecule has 0 saturated carbocycles. The summed E-state index contributed by atoms with van der Waals surface area (Å²) >= 11 is 0. The monoisotopic (exact) mass is 543 g/mol. The third-order valence-electron chi connectivity index (χ3n) is 6.07. The van der Waals surface area contributed by atoms with E-state index in [0.717, 1.165) is 83.3 Å². The normalized spacial score (nSPS) is 18.5. The average molecular weight is 543 g/mol. The van der Waals surface area contributed by atoms with E-state index in [0.29, 0.717) is 5.91 Å². The zero-order valence-corrected chi connectivity index (χ0v) is 21.5. The first kappa shape index (κ1) is 25.7. The second kappa shape index (κ2) is 13.1. The number of aliphatic imine (C=N–C) groups is 1. The van der Waals surface area contributed by atoms with Crippen molar-refractivity contribution >= 4 is 35.8 Å². The fourth-order valence-corrected chi connectivity index (χ4v) is 4.22. The van der Waals surface area contributed by atoms with E-state index in [9.17, 15) is 4.79 Å². The van der Waals surface area contributed by atoms with E-state index in [1.165, 1.54) is 5.56 Å². The molecule has 3 rings (SSSR count). The molecule has 0 aliphatic carbocycles. The molecule has 2 aliphatic rings. The molecule has 0 spiro atoms. The number of likely N-dealkylation sites (tertiary alicyclic amines) is 1. The molecule has 1 aromatic rings. The number of rotatable bonds is 7. The molecule has 2 saturated heterocycles. The van der Waals surface area contributed by atoms with Crippen molar-refractivity contribution in [1.29, 1.82) is 0 Å². The van der Waals surface area contributed by atoms with Crippen molar-refractivity contribution in [3.8, 4) is 5.75 Å². The van der Waals surface area contributed by atoms with Gasteiger partial charge in [-0.3, -0.25) is 14.7 Å². The number of carbonyl (C=O) groups excluding carboxylic acids is 1. The molecular weight excluding hydrogens is 505 g/mol. The van der Waals surface area contributed by atoms with E-state index in [1.54, 1.807) is 7.11 Å². The van der Waals surface area contributed by atoms with Gasteiger partial charge in [-0.25, -0.2) is 0 Å². The largest absolute Gasteiger partial charge is 0.497 e. The highest BCUT2D eigenvalue weighted by molar-refractivity contribution is 14.0. The fourth-order valence-electron chi connectivity index (χ4n) is 4.22. The number of amides is 1. The van der Waals surface area contributed by atoms with Gasteiger partial charge < -0.3 is 19.9 Å². The average Bonchev–Trinajstić information content (AvgIpc) is 3.33. The molecule has 0 aromatic heterocycles. The van der Waals surface area contributed by atoms with Gasteiger partial charge in [0.25, 0.3) is 0 Å². The Labute approximate surface area is 204 Å². The lowest BCUT2D eigenvalue weighted by Crippen LogP contribution is -2.57. The number of nitrogens with one attached hydrogen (secondary N) is 1. The van der Waals surface area contributed by atoms with Crippen LogP contribution >= 0.6 is 24.0 Å². The molecule has 1 unspecified atom stereocenters. The molecule has 1 N–H and O–H groups in total. The number of guanidine groups is 1. The first-order valence-corrected chi connectivity index (χ1v) is 11.3. The predicted molar refractivity (Wildman–Crippen MR) is 137 cm³/mol. The van der Waals surface area contributed by atoms with Crippen molar-refractivity contribution in [3.05, 3.63) is 29.8 Å². The van der Waals surface area contributed by atoms with Crippen molar-refractivity contribution in [1.82, 2.24) is 20.0 Å². The van der Waals surface area contributed by atoms with Crippen LogP contribution in [0.2, 0.25) is 0 Å². The van der Waals surface area contributed by atoms with Gasteiger partial charge in [-0.2, -0.15) is 0 Å². The summed E-state index contributed by atoms with van der Waals surface area (Å²) in [5.74, 6) is 2.15. The van der Waals surface area contributed by atoms with E-state index in [2.05, 4.69) is 41.1 Å². The third-order valence-corrected chi connectivity index (χ3v) is 6.07. The summed E-state index contributed by atoms with van der Waals surface area (Å²) in [5.41, 5.74) is 1.23. The minimum Gasteiger partial charge on any atom is -0.497 e. The molecule has 7 nitrogen and oxygen atoms in total. The molecule has 0 radical (unpaired) electrons. The number of carbonyl (C=O) groups is 1. The highest BCUT2D eigenvalue weighted by Crippen LogP contribution is 2.15. The molecule has 8 heteroatoms. The summed E-state index contributed by atoms with van der Waals surface area (Å²) in [4.78, 5) is 24.2. The SMILES string of the molecule is CCNC(=NCCc1cccc(OC)c1)N1CCN(C(C)C(=O)N2CCCC2)CC1.I. The van der Waals surface area contributed by atoms with Crippen LogP contribution < -0.4 is 10.1 Å². The molecule has 0 bridgehead atoms. The number of hydrogen-bond acceptors (Lipinski definition) is 4. The number of nitrogens with zero attached hydrogens (tertiary/aromatic N) is 4. The van der Waals surface area contributed by atoms with Crippen molar-refractivity contribution in [2.24, 2.45) is 4.99 Å². The Kier molecular flexibility index (Phi) is 10.9. The Bertz CT molecular complexity index is 716. The number of benzene rings is 1. The zero-order valence-electron chi connectivity index (χ0n) is 19.2. The summed E-state index contributed by atoms with van der Waals surface area (Å²) in [6, 6.07) is 8.14. The van der Waals surface area contributed by atoms with Crippen LogP contribution in [0.15, 0.2) is 29.3 Å². The number of ether oxygens (including phenoxy) is 1. The Morgan fingerprint density at radius 2 is 1.84 bits per heavy atom. The van der Waals surface area contributed by atoms with E-state index in [4.69, 9.17) is 9.73 Å². The van der Waals surface area contributed by atoms with Crippen molar-refractivity contribution in [2.75, 3.05) is 59.5 Å². The minimum absolute atomic E-state index is 0. The highest BCUT2D eigenvalue weighted by Gasteiger charge is 2.30. The third kappa shape index (κ3) is 7.24. The summed E-state index contributed by atoms with van der Waals surface area (Å²) in [6.45, 7) is 11.2. The topological polar surface area (TPSA) is 60.4 Å². The molecule has 174 valence electrons. The van der Waals surface area contributed by atoms with E-state index >= 15 is 0 Å². The van der Waals surface area contributed by atoms with Gasteiger partial charge in [-0.15, -0.1) is 24.0 Å². The van der Waals surface area contributed by atoms with Crippen LogP contribution in [0.4, 0.5) is 0 Å². The van der Waals surface area contributed by atoms with Gasteiger partial charge in [0.2, 0.25) is 5.91 Å². The second-order valence-corrected chi connectivity index (χ2v) is 8.07. The Hall–Kier alpha value is -1.55. The molecular formula is C23H38IN5O2. The van der Waals surface area contributed by atoms with Crippen LogP contribution in [0.3, 0.4) is 0 Å². The first-order chi connectivity index (χ1) is 14.6. The van der Waals surface area contributed by atoms with Gasteiger partial charge in [-0.1, -0.05) is 12.1 Å². The number of methoxy groups -OCH3 is 1. The van der Waals surface area contributed by atoms with Gasteiger partial charge in [0.1, 0.15) is 5.75 Å². The van der Waals surface area contributed by atoms with E-state index in [-0.39, 0.29) is 30.0 Å². The summed E-state index contributed by atoms with van der Waals surface area (Å²) in [6.07, 6.45) is 3.17. The maximum Gasteiger partial charge on any atom is 0.239 e. The summed E-state index contributed by atoms with van der Waals surface area (Å²) in [7, 11) is 1.69. The Balaban J connectivity index is 0.00000341. The van der Waals surface area contributed by atoms with Gasteiger partial charge in [0, 0.05) is 52.4 Å². The van der Waals surface area contributed by atoms with E-state index < -0.39 is 0 Å². The second-order valence-electron chi connectivity index (χ2n) is 8.07. The lowest BCUT2D eigenvalue weighted by atomic mass is 10.1. The molecule has 31 heavy (non-hydrogen) atoms. The lowest BCUT2D eigenvalue weighted by molar-refractivity contribution is -0.135. The Morgan fingerprint density at radius 3 is 2.48 bits per heavy atom. The maximum atomic E-state index is 12.7. The summed E-state index contributed by atoms with van der Waals surface area (Å²) in [5, 5.41) is 3.43. The quantitative estimate of drug-likeness (QED) is 0.326. The molecule has 2 heterocycles. The van der Waals surface area contributed by atoms with Gasteiger partial charge in [0.05, 0.1) is 13.2 Å². The standard InChI is InChI=1S/C23H37N5O2.HI/c1-4-24-23(25-11-10-20-8-7-9-21(18-20)30-3)28-16-14-26(15-17-28)19(2)22(29)27-12-5-6-13-27;/h7-9,18-19H,4-6,10-17H2,1-3H3,(H,24,25);1H. The molecule has 1 aromatic carbocycles. The van der Waals surface area contributed by atoms with Gasteiger partial charge in [-0.05, 0) is 50.8 Å². The fraction of sp³-hybridized carbons (Fsp3) is 0.652. The van der Waals surface area contributed by atoms with Crippen LogP contribution in [0.25, 0.3) is 0 Å². The van der Waals surface area contributed by atoms with Gasteiger partial charge >= 0.3 is 0 Å². The first-order valence-electron chi connectivity index (χ1n) is 11.3.